The molecule has 132 valence electrons. The van der Waals surface area contributed by atoms with E-state index >= 15 is 0 Å². The quantitative estimate of drug-likeness (QED) is 0.745. The van der Waals surface area contributed by atoms with Crippen LogP contribution in [0, 0.1) is 0 Å². The van der Waals surface area contributed by atoms with Gasteiger partial charge in [0.05, 0.1) is 11.4 Å². The largest absolute Gasteiger partial charge is 0.481 e. The van der Waals surface area contributed by atoms with Crippen molar-refractivity contribution in [2.75, 3.05) is 32.7 Å². The predicted octanol–water partition coefficient (Wildman–Crippen LogP) is 2.54. The number of Topliss-reactive ketones (excluding diaryl/α,β-unsaturated/α-hetero) is 1. The van der Waals surface area contributed by atoms with E-state index in [-0.39, 0.29) is 11.7 Å². The minimum atomic E-state index is -0.512. The highest BCUT2D eigenvalue weighted by Crippen LogP contribution is 2.14. The van der Waals surface area contributed by atoms with Crippen LogP contribution in [-0.4, -0.2) is 60.3 Å². The maximum atomic E-state index is 12.5. The first-order valence-corrected chi connectivity index (χ1v) is 9.31. The molecule has 0 saturated carbocycles. The Morgan fingerprint density at radius 3 is 2.44 bits per heavy atom. The summed E-state index contributed by atoms with van der Waals surface area (Å²) in [4.78, 5) is 29.4. The fraction of sp³-hybridized carbons (Fsp3) is 0.368. The average molecular weight is 358 g/mol. The van der Waals surface area contributed by atoms with Gasteiger partial charge < -0.3 is 9.64 Å². The highest BCUT2D eigenvalue weighted by molar-refractivity contribution is 7.12. The van der Waals surface area contributed by atoms with Gasteiger partial charge in [0.1, 0.15) is 5.75 Å². The van der Waals surface area contributed by atoms with Crippen LogP contribution in [0.5, 0.6) is 5.75 Å². The molecule has 1 aliphatic rings. The summed E-state index contributed by atoms with van der Waals surface area (Å²) < 4.78 is 5.71. The maximum absolute atomic E-state index is 12.5. The van der Waals surface area contributed by atoms with Crippen molar-refractivity contribution in [2.24, 2.45) is 0 Å². The van der Waals surface area contributed by atoms with Gasteiger partial charge in [-0.05, 0) is 30.5 Å². The zero-order valence-electron chi connectivity index (χ0n) is 14.3. The molecule has 1 aliphatic heterocycles. The molecular formula is C19H22N2O3S. The van der Waals surface area contributed by atoms with Crippen LogP contribution in [0.25, 0.3) is 0 Å². The minimum absolute atomic E-state index is 0.00640. The Morgan fingerprint density at radius 1 is 1.08 bits per heavy atom. The van der Waals surface area contributed by atoms with Crippen LogP contribution in [0.1, 0.15) is 16.6 Å². The topological polar surface area (TPSA) is 49.9 Å². The molecule has 0 N–H and O–H groups in total. The number of ketones is 1. The van der Waals surface area contributed by atoms with E-state index in [1.54, 1.807) is 6.92 Å². The summed E-state index contributed by atoms with van der Waals surface area (Å²) in [5, 5.41) is 1.91. The Balaban J connectivity index is 1.46. The third kappa shape index (κ3) is 4.67. The lowest BCUT2D eigenvalue weighted by Gasteiger charge is -2.35. The Labute approximate surface area is 151 Å². The minimum Gasteiger partial charge on any atom is -0.481 e. The number of amides is 1. The van der Waals surface area contributed by atoms with Gasteiger partial charge in [-0.3, -0.25) is 14.5 Å². The van der Waals surface area contributed by atoms with Gasteiger partial charge >= 0.3 is 0 Å². The van der Waals surface area contributed by atoms with Crippen LogP contribution >= 0.6 is 11.3 Å². The first-order chi connectivity index (χ1) is 12.1. The number of hydrogen-bond acceptors (Lipinski definition) is 5. The van der Waals surface area contributed by atoms with Crippen LogP contribution in [0.3, 0.4) is 0 Å². The average Bonchev–Trinajstić information content (AvgIpc) is 3.17. The summed E-state index contributed by atoms with van der Waals surface area (Å²) in [6.45, 7) is 4.86. The third-order valence-corrected chi connectivity index (χ3v) is 5.16. The van der Waals surface area contributed by atoms with E-state index in [2.05, 4.69) is 4.90 Å². The fourth-order valence-electron chi connectivity index (χ4n) is 2.86. The molecule has 2 heterocycles. The number of ether oxygens (including phenoxy) is 1. The number of rotatable bonds is 6. The van der Waals surface area contributed by atoms with Gasteiger partial charge in [-0.1, -0.05) is 24.3 Å². The first kappa shape index (κ1) is 17.6. The number of hydrogen-bond donors (Lipinski definition) is 0. The Bertz CT molecular complexity index is 695. The normalized spacial score (nSPS) is 16.4. The van der Waals surface area contributed by atoms with Gasteiger partial charge in [-0.2, -0.15) is 0 Å². The van der Waals surface area contributed by atoms with Crippen LogP contribution in [0.4, 0.5) is 0 Å². The number of piperazine rings is 1. The third-order valence-electron chi connectivity index (χ3n) is 4.25. The van der Waals surface area contributed by atoms with Gasteiger partial charge in [0.15, 0.2) is 11.9 Å². The van der Waals surface area contributed by atoms with Crippen molar-refractivity contribution in [1.82, 2.24) is 9.80 Å². The Kier molecular flexibility index (Phi) is 5.83. The second kappa shape index (κ2) is 8.27. The van der Waals surface area contributed by atoms with Crippen molar-refractivity contribution in [1.29, 1.82) is 0 Å². The molecule has 1 amide bonds. The standard InChI is InChI=1S/C19H22N2O3S/c1-15(24-16-6-3-2-4-7-16)19(23)21-11-9-20(10-12-21)14-17(22)18-8-5-13-25-18/h2-8,13,15H,9-12,14H2,1H3. The van der Waals surface area contributed by atoms with E-state index in [0.717, 1.165) is 4.88 Å². The van der Waals surface area contributed by atoms with Crippen molar-refractivity contribution in [2.45, 2.75) is 13.0 Å². The van der Waals surface area contributed by atoms with Crippen molar-refractivity contribution < 1.29 is 14.3 Å². The molecule has 1 saturated heterocycles. The molecule has 6 heteroatoms. The van der Waals surface area contributed by atoms with Gasteiger partial charge in [0.25, 0.3) is 5.91 Å². The van der Waals surface area contributed by atoms with Crippen LogP contribution in [0.15, 0.2) is 47.8 Å². The maximum Gasteiger partial charge on any atom is 0.263 e. The number of nitrogens with zero attached hydrogens (tertiary/aromatic N) is 2. The SMILES string of the molecule is CC(Oc1ccccc1)C(=O)N1CCN(CC(=O)c2cccs2)CC1. The molecule has 1 aromatic heterocycles. The molecule has 5 nitrogen and oxygen atoms in total. The summed E-state index contributed by atoms with van der Waals surface area (Å²) in [6, 6.07) is 13.1. The van der Waals surface area contributed by atoms with Crippen LogP contribution in [0.2, 0.25) is 0 Å². The molecule has 0 spiro atoms. The highest BCUT2D eigenvalue weighted by Gasteiger charge is 2.27. The van der Waals surface area contributed by atoms with E-state index in [1.807, 2.05) is 52.7 Å². The van der Waals surface area contributed by atoms with Gasteiger partial charge in [0.2, 0.25) is 0 Å². The van der Waals surface area contributed by atoms with Crippen molar-refractivity contribution in [3.63, 3.8) is 0 Å². The molecule has 1 atom stereocenters. The zero-order chi connectivity index (χ0) is 17.6. The molecule has 0 radical (unpaired) electrons. The monoisotopic (exact) mass is 358 g/mol. The van der Waals surface area contributed by atoms with Gasteiger partial charge in [0, 0.05) is 26.2 Å². The van der Waals surface area contributed by atoms with E-state index < -0.39 is 6.10 Å². The molecule has 25 heavy (non-hydrogen) atoms. The summed E-state index contributed by atoms with van der Waals surface area (Å²) >= 11 is 1.47. The Hall–Kier alpha value is -2.18. The highest BCUT2D eigenvalue weighted by atomic mass is 32.1. The lowest BCUT2D eigenvalue weighted by molar-refractivity contribution is -0.139. The van der Waals surface area contributed by atoms with Crippen LogP contribution in [-0.2, 0) is 4.79 Å². The van der Waals surface area contributed by atoms with E-state index in [4.69, 9.17) is 4.74 Å². The van der Waals surface area contributed by atoms with Crippen molar-refractivity contribution >= 4 is 23.0 Å². The molecular weight excluding hydrogens is 336 g/mol. The van der Waals surface area contributed by atoms with Crippen LogP contribution < -0.4 is 4.74 Å². The predicted molar refractivity (Wildman–Crippen MR) is 98.2 cm³/mol. The van der Waals surface area contributed by atoms with Gasteiger partial charge in [-0.15, -0.1) is 11.3 Å². The number of benzene rings is 1. The number of thiophene rings is 1. The zero-order valence-corrected chi connectivity index (χ0v) is 15.1. The smallest absolute Gasteiger partial charge is 0.263 e. The molecule has 1 unspecified atom stereocenters. The summed E-state index contributed by atoms with van der Waals surface area (Å²) in [5.74, 6) is 0.840. The molecule has 0 aliphatic carbocycles. The summed E-state index contributed by atoms with van der Waals surface area (Å²) in [7, 11) is 0. The summed E-state index contributed by atoms with van der Waals surface area (Å²) in [6.07, 6.45) is -0.512. The fourth-order valence-corrected chi connectivity index (χ4v) is 3.51. The van der Waals surface area contributed by atoms with Crippen molar-refractivity contribution in [3.05, 3.63) is 52.7 Å². The molecule has 3 rings (SSSR count). The second-order valence-electron chi connectivity index (χ2n) is 6.08. The van der Waals surface area contributed by atoms with Gasteiger partial charge in [-0.25, -0.2) is 0 Å². The van der Waals surface area contributed by atoms with E-state index in [9.17, 15) is 9.59 Å². The van der Waals surface area contributed by atoms with Crippen molar-refractivity contribution in [3.8, 4) is 5.75 Å². The number of carbonyl (C=O) groups is 2. The lowest BCUT2D eigenvalue weighted by atomic mass is 10.2. The van der Waals surface area contributed by atoms with E-state index in [0.29, 0.717) is 38.5 Å². The number of para-hydroxylation sites is 1. The van der Waals surface area contributed by atoms with E-state index in [1.165, 1.54) is 11.3 Å². The Morgan fingerprint density at radius 2 is 1.80 bits per heavy atom. The lowest BCUT2D eigenvalue weighted by Crippen LogP contribution is -2.52. The number of carbonyl (C=O) groups excluding carboxylic acids is 2. The summed E-state index contributed by atoms with van der Waals surface area (Å²) in [5.41, 5.74) is 0. The second-order valence-corrected chi connectivity index (χ2v) is 7.02. The molecule has 0 bridgehead atoms. The first-order valence-electron chi connectivity index (χ1n) is 8.43. The molecule has 1 aromatic carbocycles. The molecule has 1 fully saturated rings. The molecule has 2 aromatic rings.